The number of rotatable bonds is 6. The van der Waals surface area contributed by atoms with Gasteiger partial charge in [-0.25, -0.2) is 4.98 Å². The molecule has 22 heavy (non-hydrogen) atoms. The molecule has 0 saturated heterocycles. The van der Waals surface area contributed by atoms with Gasteiger partial charge >= 0.3 is 0 Å². The average molecular weight is 318 g/mol. The van der Waals surface area contributed by atoms with Gasteiger partial charge in [0, 0.05) is 17.7 Å². The van der Waals surface area contributed by atoms with E-state index >= 15 is 0 Å². The summed E-state index contributed by atoms with van der Waals surface area (Å²) in [5.41, 5.74) is 1.18. The van der Waals surface area contributed by atoms with E-state index in [1.165, 1.54) is 18.7 Å². The Morgan fingerprint density at radius 3 is 2.82 bits per heavy atom. The van der Waals surface area contributed by atoms with Crippen molar-refractivity contribution in [2.75, 3.05) is 5.32 Å². The Hall–Kier alpha value is -2.15. The number of aromatic nitrogens is 3. The minimum Gasteiger partial charge on any atom is -0.325 e. The largest absolute Gasteiger partial charge is 0.325 e. The molecule has 2 N–H and O–H groups in total. The number of carbonyl (C=O) groups excluding carboxylic acids is 2. The molecule has 1 heterocycles. The lowest BCUT2D eigenvalue weighted by Crippen LogP contribution is -2.22. The van der Waals surface area contributed by atoms with Gasteiger partial charge in [0.1, 0.15) is 5.82 Å². The number of benzene rings is 1. The fraction of sp³-hybridized carbons (Fsp3) is 0.333. The molecule has 0 fully saturated rings. The van der Waals surface area contributed by atoms with Crippen molar-refractivity contribution in [2.45, 2.75) is 37.6 Å². The number of amides is 1. The Kier molecular flexibility index (Phi) is 5.32. The summed E-state index contributed by atoms with van der Waals surface area (Å²) in [6.45, 7) is 5.26. The fourth-order valence-corrected chi connectivity index (χ4v) is 2.50. The normalized spacial score (nSPS) is 12.0. The molecule has 0 saturated carbocycles. The molecule has 1 atom stereocenters. The number of nitrogens with one attached hydrogen (secondary N) is 2. The zero-order valence-corrected chi connectivity index (χ0v) is 13.5. The summed E-state index contributed by atoms with van der Waals surface area (Å²) in [5, 5.41) is 9.88. The lowest BCUT2D eigenvalue weighted by molar-refractivity contribution is -0.115. The Labute approximate surface area is 133 Å². The lowest BCUT2D eigenvalue weighted by Gasteiger charge is -2.10. The Balaban J connectivity index is 1.99. The van der Waals surface area contributed by atoms with Crippen LogP contribution < -0.4 is 5.32 Å². The lowest BCUT2D eigenvalue weighted by atomic mass is 10.1. The summed E-state index contributed by atoms with van der Waals surface area (Å²) < 4.78 is 0. The monoisotopic (exact) mass is 318 g/mol. The summed E-state index contributed by atoms with van der Waals surface area (Å²) in [6, 6.07) is 6.88. The van der Waals surface area contributed by atoms with Crippen molar-refractivity contribution in [3.63, 3.8) is 0 Å². The fourth-order valence-electron chi connectivity index (χ4n) is 1.76. The number of hydrogen-bond donors (Lipinski definition) is 2. The van der Waals surface area contributed by atoms with E-state index < -0.39 is 0 Å². The van der Waals surface area contributed by atoms with Gasteiger partial charge in [0.15, 0.2) is 5.78 Å². The summed E-state index contributed by atoms with van der Waals surface area (Å²) in [5.74, 6) is 0.601. The quantitative estimate of drug-likeness (QED) is 0.631. The highest BCUT2D eigenvalue weighted by Gasteiger charge is 2.17. The molecule has 0 bridgehead atoms. The van der Waals surface area contributed by atoms with E-state index in [-0.39, 0.29) is 16.9 Å². The van der Waals surface area contributed by atoms with Gasteiger partial charge in [0.05, 0.1) is 5.25 Å². The van der Waals surface area contributed by atoms with Crippen molar-refractivity contribution in [2.24, 2.45) is 0 Å². The minimum atomic E-state index is -0.346. The number of Topliss-reactive ketones (excluding diaryl/α,β-unsaturated/α-hetero) is 1. The molecular formula is C15H18N4O2S. The Morgan fingerprint density at radius 1 is 1.41 bits per heavy atom. The zero-order chi connectivity index (χ0) is 16.1. The van der Waals surface area contributed by atoms with Gasteiger partial charge in [-0.15, -0.1) is 5.10 Å². The van der Waals surface area contributed by atoms with Crippen LogP contribution in [-0.4, -0.2) is 32.1 Å². The molecule has 0 aliphatic carbocycles. The standard InChI is InChI=1S/C15H18N4O2S/c1-4-13-17-15(19-18-13)22-10(3)14(21)16-12-7-5-6-11(8-12)9(2)20/h5-8,10H,4H2,1-3H3,(H,16,21)(H,17,18,19). The first-order chi connectivity index (χ1) is 10.5. The number of anilines is 1. The van der Waals surface area contributed by atoms with Gasteiger partial charge in [0.25, 0.3) is 0 Å². The highest BCUT2D eigenvalue weighted by atomic mass is 32.2. The van der Waals surface area contributed by atoms with Crippen LogP contribution in [0.25, 0.3) is 0 Å². The van der Waals surface area contributed by atoms with E-state index in [4.69, 9.17) is 0 Å². The third-order valence-corrected chi connectivity index (χ3v) is 4.00. The molecule has 2 rings (SSSR count). The van der Waals surface area contributed by atoms with Crippen LogP contribution in [0.4, 0.5) is 5.69 Å². The third kappa shape index (κ3) is 4.17. The Morgan fingerprint density at radius 2 is 2.18 bits per heavy atom. The highest BCUT2D eigenvalue weighted by Crippen LogP contribution is 2.21. The second kappa shape index (κ2) is 7.22. The Bertz CT molecular complexity index is 684. The first-order valence-electron chi connectivity index (χ1n) is 6.99. The van der Waals surface area contributed by atoms with E-state index in [1.54, 1.807) is 31.2 Å². The molecule has 0 radical (unpaired) electrons. The predicted molar refractivity (Wildman–Crippen MR) is 86.2 cm³/mol. The number of hydrogen-bond acceptors (Lipinski definition) is 5. The van der Waals surface area contributed by atoms with Crippen LogP contribution in [0.5, 0.6) is 0 Å². The minimum absolute atomic E-state index is 0.0358. The summed E-state index contributed by atoms with van der Waals surface area (Å²) in [6.07, 6.45) is 0.770. The van der Waals surface area contributed by atoms with Crippen LogP contribution in [-0.2, 0) is 11.2 Å². The first-order valence-corrected chi connectivity index (χ1v) is 7.87. The molecule has 0 spiro atoms. The van der Waals surface area contributed by atoms with Gasteiger partial charge in [-0.1, -0.05) is 30.8 Å². The number of H-pyrrole nitrogens is 1. The molecule has 2 aromatic rings. The van der Waals surface area contributed by atoms with Crippen molar-refractivity contribution in [1.82, 2.24) is 15.2 Å². The van der Waals surface area contributed by atoms with Crippen molar-refractivity contribution in [3.8, 4) is 0 Å². The molecule has 1 aromatic heterocycles. The molecule has 0 aliphatic heterocycles. The van der Waals surface area contributed by atoms with E-state index in [9.17, 15) is 9.59 Å². The SMILES string of the molecule is CCc1nc(SC(C)C(=O)Nc2cccc(C(C)=O)c2)n[nH]1. The van der Waals surface area contributed by atoms with Crippen LogP contribution in [0.2, 0.25) is 0 Å². The van der Waals surface area contributed by atoms with Crippen LogP contribution in [0.15, 0.2) is 29.4 Å². The van der Waals surface area contributed by atoms with Crippen LogP contribution >= 0.6 is 11.8 Å². The maximum atomic E-state index is 12.2. The average Bonchev–Trinajstić information content (AvgIpc) is 2.95. The van der Waals surface area contributed by atoms with Crippen LogP contribution in [0.1, 0.15) is 37.0 Å². The van der Waals surface area contributed by atoms with Gasteiger partial charge < -0.3 is 5.32 Å². The van der Waals surface area contributed by atoms with E-state index in [0.29, 0.717) is 16.4 Å². The van der Waals surface area contributed by atoms with Crippen molar-refractivity contribution < 1.29 is 9.59 Å². The number of aromatic amines is 1. The maximum Gasteiger partial charge on any atom is 0.237 e. The summed E-state index contributed by atoms with van der Waals surface area (Å²) >= 11 is 1.29. The molecule has 116 valence electrons. The zero-order valence-electron chi connectivity index (χ0n) is 12.7. The number of carbonyl (C=O) groups is 2. The first kappa shape index (κ1) is 16.2. The van der Waals surface area contributed by atoms with E-state index in [1.807, 2.05) is 6.92 Å². The number of thioether (sulfide) groups is 1. The number of ketones is 1. The number of nitrogens with zero attached hydrogens (tertiary/aromatic N) is 2. The van der Waals surface area contributed by atoms with Crippen molar-refractivity contribution in [3.05, 3.63) is 35.7 Å². The van der Waals surface area contributed by atoms with Crippen LogP contribution in [0, 0.1) is 0 Å². The molecular weight excluding hydrogens is 300 g/mol. The molecule has 1 amide bonds. The number of aryl methyl sites for hydroxylation is 1. The topological polar surface area (TPSA) is 87.7 Å². The molecule has 7 heteroatoms. The van der Waals surface area contributed by atoms with E-state index in [2.05, 4.69) is 20.5 Å². The summed E-state index contributed by atoms with van der Waals surface area (Å²) in [7, 11) is 0. The van der Waals surface area contributed by atoms with Crippen molar-refractivity contribution >= 4 is 29.1 Å². The molecule has 1 unspecified atom stereocenters. The second-order valence-corrected chi connectivity index (χ2v) is 6.11. The third-order valence-electron chi connectivity index (χ3n) is 3.03. The molecule has 6 nitrogen and oxygen atoms in total. The van der Waals surface area contributed by atoms with Gasteiger partial charge in [-0.2, -0.15) is 0 Å². The van der Waals surface area contributed by atoms with Gasteiger partial charge in [-0.05, 0) is 26.0 Å². The maximum absolute atomic E-state index is 12.2. The molecule has 1 aromatic carbocycles. The predicted octanol–water partition coefficient (Wildman–Crippen LogP) is 2.69. The van der Waals surface area contributed by atoms with Crippen LogP contribution in [0.3, 0.4) is 0 Å². The summed E-state index contributed by atoms with van der Waals surface area (Å²) in [4.78, 5) is 27.8. The van der Waals surface area contributed by atoms with E-state index in [0.717, 1.165) is 12.2 Å². The van der Waals surface area contributed by atoms with Crippen molar-refractivity contribution in [1.29, 1.82) is 0 Å². The second-order valence-electron chi connectivity index (χ2n) is 4.80. The molecule has 0 aliphatic rings. The van der Waals surface area contributed by atoms with Gasteiger partial charge in [-0.3, -0.25) is 14.7 Å². The highest BCUT2D eigenvalue weighted by molar-refractivity contribution is 8.00. The smallest absolute Gasteiger partial charge is 0.237 e. The van der Waals surface area contributed by atoms with Gasteiger partial charge in [0.2, 0.25) is 11.1 Å².